The molecule has 16 heavy (non-hydrogen) atoms. The fraction of sp³-hybridized carbons (Fsp3) is 1.00. The predicted octanol–water partition coefficient (Wildman–Crippen LogP) is 4.01. The highest BCUT2D eigenvalue weighted by atomic mass is 31.2. The second-order valence-electron chi connectivity index (χ2n) is 4.76. The fourth-order valence-corrected chi connectivity index (χ4v) is 2.99. The zero-order chi connectivity index (χ0) is 11.9. The van der Waals surface area contributed by atoms with Gasteiger partial charge in [-0.15, -0.1) is 0 Å². The Morgan fingerprint density at radius 3 is 2.75 bits per heavy atom. The normalized spacial score (nSPS) is 32.8. The van der Waals surface area contributed by atoms with Gasteiger partial charge in [0, 0.05) is 0 Å². The van der Waals surface area contributed by atoms with E-state index in [1.807, 2.05) is 0 Å². The molecule has 1 aliphatic heterocycles. The Morgan fingerprint density at radius 1 is 1.25 bits per heavy atom. The van der Waals surface area contributed by atoms with E-state index in [9.17, 15) is 4.89 Å². The Hall–Kier alpha value is 0.310. The Kier molecular flexibility index (Phi) is 6.83. The average molecular weight is 248 g/mol. The van der Waals surface area contributed by atoms with E-state index in [1.165, 1.54) is 32.1 Å². The molecule has 0 aliphatic carbocycles. The van der Waals surface area contributed by atoms with E-state index < -0.39 is 8.60 Å². The van der Waals surface area contributed by atoms with Gasteiger partial charge in [0.05, 0.1) is 13.2 Å². The van der Waals surface area contributed by atoms with Gasteiger partial charge in [-0.1, -0.05) is 33.1 Å². The van der Waals surface area contributed by atoms with Crippen molar-refractivity contribution >= 4 is 8.60 Å². The van der Waals surface area contributed by atoms with Crippen molar-refractivity contribution in [2.45, 2.75) is 58.8 Å². The first-order chi connectivity index (χ1) is 7.72. The molecule has 0 saturated carbocycles. The van der Waals surface area contributed by atoms with Gasteiger partial charge < -0.3 is 13.9 Å². The zero-order valence-electron chi connectivity index (χ0n) is 10.6. The highest BCUT2D eigenvalue weighted by Gasteiger charge is 2.30. The first kappa shape index (κ1) is 14.4. The summed E-state index contributed by atoms with van der Waals surface area (Å²) in [7, 11) is -1.63. The minimum Gasteiger partial charge on any atom is -0.328 e. The predicted molar refractivity (Wildman–Crippen MR) is 67.1 cm³/mol. The molecule has 2 atom stereocenters. The lowest BCUT2D eigenvalue weighted by atomic mass is 9.77. The number of unbranched alkanes of at least 4 members (excludes halogenated alkanes) is 1. The number of hydrogen-bond donors (Lipinski definition) is 1. The Balaban J connectivity index is 2.55. The van der Waals surface area contributed by atoms with Crippen molar-refractivity contribution in [2.24, 2.45) is 5.41 Å². The first-order valence-corrected chi connectivity index (χ1v) is 7.60. The molecule has 2 unspecified atom stereocenters. The topological polar surface area (TPSA) is 38.7 Å². The van der Waals surface area contributed by atoms with Crippen LogP contribution < -0.4 is 0 Å². The summed E-state index contributed by atoms with van der Waals surface area (Å²) in [5.74, 6) is 0. The van der Waals surface area contributed by atoms with Crippen molar-refractivity contribution in [3.63, 3.8) is 0 Å². The van der Waals surface area contributed by atoms with Gasteiger partial charge >= 0.3 is 8.60 Å². The first-order valence-electron chi connectivity index (χ1n) is 6.47. The molecule has 1 rings (SSSR count). The van der Waals surface area contributed by atoms with Gasteiger partial charge in [-0.05, 0) is 31.1 Å². The molecule has 0 amide bonds. The summed E-state index contributed by atoms with van der Waals surface area (Å²) in [4.78, 5) is 9.51. The molecule has 96 valence electrons. The van der Waals surface area contributed by atoms with Crippen molar-refractivity contribution in [1.29, 1.82) is 0 Å². The monoisotopic (exact) mass is 248 g/mol. The summed E-state index contributed by atoms with van der Waals surface area (Å²) >= 11 is 0. The van der Waals surface area contributed by atoms with E-state index in [0.717, 1.165) is 12.8 Å². The van der Waals surface area contributed by atoms with E-state index >= 15 is 0 Å². The smallest absolute Gasteiger partial charge is 0.328 e. The maximum absolute atomic E-state index is 9.51. The number of hydrogen-bond acceptors (Lipinski definition) is 3. The Labute approximate surface area is 101 Å². The zero-order valence-corrected chi connectivity index (χ0v) is 11.5. The number of rotatable bonds is 4. The highest BCUT2D eigenvalue weighted by molar-refractivity contribution is 7.40. The third-order valence-electron chi connectivity index (χ3n) is 3.60. The third-order valence-corrected chi connectivity index (χ3v) is 4.35. The van der Waals surface area contributed by atoms with Gasteiger partial charge in [-0.3, -0.25) is 0 Å². The standard InChI is InChI=1S/C12H25O3P/c1-3-5-8-12(4-2)9-6-7-10-14-16(13)15-11-12/h13H,3-11H2,1-2H3. The Bertz CT molecular complexity index is 189. The molecular weight excluding hydrogens is 223 g/mol. The molecule has 1 heterocycles. The van der Waals surface area contributed by atoms with Crippen LogP contribution in [0.15, 0.2) is 0 Å². The van der Waals surface area contributed by atoms with Crippen molar-refractivity contribution < 1.29 is 13.9 Å². The van der Waals surface area contributed by atoms with Crippen molar-refractivity contribution in [2.75, 3.05) is 13.2 Å². The summed E-state index contributed by atoms with van der Waals surface area (Å²) in [6, 6.07) is 0. The molecule has 3 nitrogen and oxygen atoms in total. The van der Waals surface area contributed by atoms with Gasteiger partial charge in [0.2, 0.25) is 0 Å². The van der Waals surface area contributed by atoms with Crippen LogP contribution in [0.25, 0.3) is 0 Å². The highest BCUT2D eigenvalue weighted by Crippen LogP contribution is 2.42. The van der Waals surface area contributed by atoms with Gasteiger partial charge in [-0.2, -0.15) is 0 Å². The average Bonchev–Trinajstić information content (AvgIpc) is 2.39. The maximum atomic E-state index is 9.51. The molecule has 0 aromatic rings. The Morgan fingerprint density at radius 2 is 2.06 bits per heavy atom. The quantitative estimate of drug-likeness (QED) is 0.764. The molecular formula is C12H25O3P. The summed E-state index contributed by atoms with van der Waals surface area (Å²) < 4.78 is 10.7. The van der Waals surface area contributed by atoms with Crippen molar-refractivity contribution in [3.8, 4) is 0 Å². The molecule has 0 bridgehead atoms. The summed E-state index contributed by atoms with van der Waals surface area (Å²) in [5, 5.41) is 0. The lowest BCUT2D eigenvalue weighted by molar-refractivity contribution is 0.102. The van der Waals surface area contributed by atoms with E-state index in [-0.39, 0.29) is 5.41 Å². The lowest BCUT2D eigenvalue weighted by Gasteiger charge is -2.32. The van der Waals surface area contributed by atoms with Crippen LogP contribution in [-0.2, 0) is 9.05 Å². The van der Waals surface area contributed by atoms with Gasteiger partial charge in [-0.25, -0.2) is 0 Å². The summed E-state index contributed by atoms with van der Waals surface area (Å²) in [6.07, 6.45) is 8.25. The summed E-state index contributed by atoms with van der Waals surface area (Å²) in [6.45, 7) is 5.75. The maximum Gasteiger partial charge on any atom is 0.329 e. The van der Waals surface area contributed by atoms with E-state index in [1.54, 1.807) is 0 Å². The van der Waals surface area contributed by atoms with Crippen LogP contribution in [0.4, 0.5) is 0 Å². The summed E-state index contributed by atoms with van der Waals surface area (Å²) in [5.41, 5.74) is 0.271. The van der Waals surface area contributed by atoms with Crippen LogP contribution in [0.3, 0.4) is 0 Å². The molecule has 1 fully saturated rings. The van der Waals surface area contributed by atoms with Crippen LogP contribution in [0.5, 0.6) is 0 Å². The molecule has 0 aromatic carbocycles. The minimum atomic E-state index is -1.63. The minimum absolute atomic E-state index is 0.271. The van der Waals surface area contributed by atoms with Crippen molar-refractivity contribution in [3.05, 3.63) is 0 Å². The van der Waals surface area contributed by atoms with Crippen LogP contribution in [0.1, 0.15) is 58.8 Å². The molecule has 0 radical (unpaired) electrons. The van der Waals surface area contributed by atoms with Crippen LogP contribution in [-0.4, -0.2) is 18.1 Å². The van der Waals surface area contributed by atoms with Crippen LogP contribution >= 0.6 is 8.60 Å². The SMILES string of the molecule is CCCCC1(CC)CCCCOP(O)OC1. The fourth-order valence-electron chi connectivity index (χ4n) is 2.25. The van der Waals surface area contributed by atoms with E-state index in [4.69, 9.17) is 9.05 Å². The van der Waals surface area contributed by atoms with Crippen LogP contribution in [0.2, 0.25) is 0 Å². The molecule has 0 aromatic heterocycles. The molecule has 4 heteroatoms. The van der Waals surface area contributed by atoms with Crippen LogP contribution in [0, 0.1) is 5.41 Å². The van der Waals surface area contributed by atoms with Gasteiger partial charge in [0.25, 0.3) is 0 Å². The third kappa shape index (κ3) is 4.67. The molecule has 1 aliphatic rings. The van der Waals surface area contributed by atoms with Gasteiger partial charge in [0.1, 0.15) is 0 Å². The van der Waals surface area contributed by atoms with Crippen molar-refractivity contribution in [1.82, 2.24) is 0 Å². The second-order valence-corrected chi connectivity index (χ2v) is 5.75. The van der Waals surface area contributed by atoms with E-state index in [2.05, 4.69) is 13.8 Å². The molecule has 1 saturated heterocycles. The second kappa shape index (κ2) is 7.60. The molecule has 0 spiro atoms. The lowest BCUT2D eigenvalue weighted by Crippen LogP contribution is -2.25. The van der Waals surface area contributed by atoms with E-state index in [0.29, 0.717) is 13.2 Å². The largest absolute Gasteiger partial charge is 0.329 e. The van der Waals surface area contributed by atoms with Gasteiger partial charge in [0.15, 0.2) is 0 Å². The molecule has 1 N–H and O–H groups in total.